The fraction of sp³-hybridized carbons (Fsp3) is 0.0588. The van der Waals surface area contributed by atoms with Crippen LogP contribution in [0.25, 0.3) is 11.0 Å². The van der Waals surface area contributed by atoms with Crippen molar-refractivity contribution in [3.63, 3.8) is 0 Å². The molecule has 0 aliphatic heterocycles. The first-order valence-corrected chi connectivity index (χ1v) is 6.31. The van der Waals surface area contributed by atoms with Crippen molar-refractivity contribution in [1.29, 1.82) is 0 Å². The zero-order valence-corrected chi connectivity index (χ0v) is 11.0. The number of hydrogen-bond acceptors (Lipinski definition) is 2. The molecule has 0 unspecified atom stereocenters. The van der Waals surface area contributed by atoms with Gasteiger partial charge in [-0.2, -0.15) is 0 Å². The van der Waals surface area contributed by atoms with E-state index in [-0.39, 0.29) is 5.91 Å². The number of carbonyl (C=O) groups excluding carboxylic acids is 1. The first-order chi connectivity index (χ1) is 9.75. The molecule has 2 aromatic carbocycles. The number of aromatic nitrogens is 2. The maximum Gasteiger partial charge on any atom is 0.308 e. The van der Waals surface area contributed by atoms with Gasteiger partial charge < -0.3 is 0 Å². The molecular weight excluding hydrogens is 248 g/mol. The maximum atomic E-state index is 12.3. The number of para-hydroxylation sites is 2. The van der Waals surface area contributed by atoms with Gasteiger partial charge in [0.1, 0.15) is 5.82 Å². The van der Waals surface area contributed by atoms with Crippen molar-refractivity contribution in [3.8, 4) is 11.8 Å². The molecule has 3 rings (SSSR count). The topological polar surface area (TPSA) is 34.9 Å². The van der Waals surface area contributed by atoms with Gasteiger partial charge in [0.25, 0.3) is 0 Å². The summed E-state index contributed by atoms with van der Waals surface area (Å²) in [4.78, 5) is 16.6. The third-order valence-corrected chi connectivity index (χ3v) is 3.02. The highest BCUT2D eigenvalue weighted by atomic mass is 16.1. The van der Waals surface area contributed by atoms with Crippen LogP contribution in [-0.4, -0.2) is 15.5 Å². The third-order valence-electron chi connectivity index (χ3n) is 3.02. The van der Waals surface area contributed by atoms with E-state index in [0.29, 0.717) is 5.82 Å². The first kappa shape index (κ1) is 12.2. The highest BCUT2D eigenvalue weighted by Crippen LogP contribution is 2.14. The lowest BCUT2D eigenvalue weighted by molar-refractivity contribution is 0.0982. The van der Waals surface area contributed by atoms with Gasteiger partial charge in [-0.25, -0.2) is 4.98 Å². The van der Waals surface area contributed by atoms with Crippen LogP contribution in [0.2, 0.25) is 0 Å². The second-order valence-corrected chi connectivity index (χ2v) is 4.40. The predicted molar refractivity (Wildman–Crippen MR) is 78.4 cm³/mol. The Labute approximate surface area is 116 Å². The Balaban J connectivity index is 2.02. The van der Waals surface area contributed by atoms with Crippen LogP contribution in [0.3, 0.4) is 0 Å². The summed E-state index contributed by atoms with van der Waals surface area (Å²) in [7, 11) is 0. The van der Waals surface area contributed by atoms with Crippen molar-refractivity contribution in [2.45, 2.75) is 6.92 Å². The van der Waals surface area contributed by atoms with E-state index in [0.717, 1.165) is 16.6 Å². The molecule has 3 heteroatoms. The molecule has 20 heavy (non-hydrogen) atoms. The van der Waals surface area contributed by atoms with E-state index in [2.05, 4.69) is 16.8 Å². The Morgan fingerprint density at radius 2 is 1.75 bits per heavy atom. The van der Waals surface area contributed by atoms with Crippen molar-refractivity contribution in [3.05, 3.63) is 66.0 Å². The lowest BCUT2D eigenvalue weighted by Crippen LogP contribution is -2.09. The molecule has 0 saturated heterocycles. The van der Waals surface area contributed by atoms with Gasteiger partial charge in [-0.1, -0.05) is 36.3 Å². The molecule has 0 radical (unpaired) electrons. The van der Waals surface area contributed by atoms with Gasteiger partial charge in [-0.3, -0.25) is 9.36 Å². The number of fused-ring (bicyclic) bond motifs is 1. The Bertz CT molecular complexity index is 836. The first-order valence-electron chi connectivity index (χ1n) is 6.31. The standard InChI is InChI=1S/C17H12N2O/c1-13-18-15-9-5-6-10-16(15)19(13)17(20)12-11-14-7-3-2-4-8-14/h2-10H,1H3. The molecular formula is C17H12N2O. The summed E-state index contributed by atoms with van der Waals surface area (Å²) in [5.41, 5.74) is 2.42. The molecule has 0 spiro atoms. The monoisotopic (exact) mass is 260 g/mol. The number of imidazole rings is 1. The van der Waals surface area contributed by atoms with Gasteiger partial charge >= 0.3 is 5.91 Å². The SMILES string of the molecule is Cc1nc2ccccc2n1C(=O)C#Cc1ccccc1. The molecule has 0 bridgehead atoms. The largest absolute Gasteiger partial charge is 0.308 e. The average molecular weight is 260 g/mol. The highest BCUT2D eigenvalue weighted by molar-refractivity contribution is 6.01. The summed E-state index contributed by atoms with van der Waals surface area (Å²) >= 11 is 0. The van der Waals surface area contributed by atoms with E-state index in [9.17, 15) is 4.79 Å². The van der Waals surface area contributed by atoms with Crippen LogP contribution in [0.4, 0.5) is 0 Å². The molecule has 3 aromatic rings. The minimum atomic E-state index is -0.264. The zero-order valence-electron chi connectivity index (χ0n) is 11.0. The maximum absolute atomic E-state index is 12.3. The minimum Gasteiger partial charge on any atom is -0.258 e. The zero-order chi connectivity index (χ0) is 13.9. The number of carbonyl (C=O) groups is 1. The summed E-state index contributed by atoms with van der Waals surface area (Å²) in [6.45, 7) is 1.81. The fourth-order valence-corrected chi connectivity index (χ4v) is 2.11. The van der Waals surface area contributed by atoms with Crippen LogP contribution >= 0.6 is 0 Å². The van der Waals surface area contributed by atoms with E-state index in [1.807, 2.05) is 61.5 Å². The quantitative estimate of drug-likeness (QED) is 0.582. The molecule has 1 aromatic heterocycles. The van der Waals surface area contributed by atoms with Crippen molar-refractivity contribution in [1.82, 2.24) is 9.55 Å². The number of rotatable bonds is 0. The Morgan fingerprint density at radius 3 is 2.55 bits per heavy atom. The number of nitrogens with zero attached hydrogens (tertiary/aromatic N) is 2. The van der Waals surface area contributed by atoms with Gasteiger partial charge in [-0.15, -0.1) is 0 Å². The summed E-state index contributed by atoms with van der Waals surface area (Å²) in [5.74, 6) is 5.93. The summed E-state index contributed by atoms with van der Waals surface area (Å²) < 4.78 is 1.55. The van der Waals surface area contributed by atoms with Gasteiger partial charge in [-0.05, 0) is 31.2 Å². The van der Waals surface area contributed by atoms with Crippen molar-refractivity contribution in [2.75, 3.05) is 0 Å². The number of hydrogen-bond donors (Lipinski definition) is 0. The van der Waals surface area contributed by atoms with Crippen molar-refractivity contribution < 1.29 is 4.79 Å². The smallest absolute Gasteiger partial charge is 0.258 e. The minimum absolute atomic E-state index is 0.264. The highest BCUT2D eigenvalue weighted by Gasteiger charge is 2.11. The summed E-state index contributed by atoms with van der Waals surface area (Å²) in [6.07, 6.45) is 0. The molecule has 0 aliphatic rings. The summed E-state index contributed by atoms with van der Waals surface area (Å²) in [6, 6.07) is 17.0. The van der Waals surface area contributed by atoms with Crippen LogP contribution in [0.1, 0.15) is 16.2 Å². The molecule has 0 saturated carbocycles. The Kier molecular flexibility index (Phi) is 3.06. The summed E-state index contributed by atoms with van der Waals surface area (Å²) in [5, 5.41) is 0. The molecule has 96 valence electrons. The van der Waals surface area contributed by atoms with Crippen molar-refractivity contribution >= 4 is 16.9 Å². The number of aryl methyl sites for hydroxylation is 1. The van der Waals surface area contributed by atoms with Crippen LogP contribution < -0.4 is 0 Å². The Hall–Kier alpha value is -2.86. The fourth-order valence-electron chi connectivity index (χ4n) is 2.11. The predicted octanol–water partition coefficient (Wildman–Crippen LogP) is 3.04. The molecule has 1 heterocycles. The average Bonchev–Trinajstić information content (AvgIpc) is 2.82. The molecule has 0 fully saturated rings. The Morgan fingerprint density at radius 1 is 1.05 bits per heavy atom. The molecule has 0 aliphatic carbocycles. The van der Waals surface area contributed by atoms with Crippen LogP contribution in [0, 0.1) is 18.8 Å². The van der Waals surface area contributed by atoms with Gasteiger partial charge in [0.15, 0.2) is 0 Å². The second kappa shape index (κ2) is 5.02. The van der Waals surface area contributed by atoms with E-state index in [4.69, 9.17) is 0 Å². The van der Waals surface area contributed by atoms with Gasteiger partial charge in [0.2, 0.25) is 0 Å². The number of benzene rings is 2. The normalized spacial score (nSPS) is 10.1. The van der Waals surface area contributed by atoms with E-state index in [1.165, 1.54) is 0 Å². The van der Waals surface area contributed by atoms with E-state index < -0.39 is 0 Å². The molecule has 0 N–H and O–H groups in total. The lowest BCUT2D eigenvalue weighted by atomic mass is 10.2. The third kappa shape index (κ3) is 2.19. The van der Waals surface area contributed by atoms with Crippen LogP contribution in [0.5, 0.6) is 0 Å². The van der Waals surface area contributed by atoms with Crippen LogP contribution in [-0.2, 0) is 0 Å². The van der Waals surface area contributed by atoms with Gasteiger partial charge in [0, 0.05) is 11.5 Å². The molecule has 3 nitrogen and oxygen atoms in total. The van der Waals surface area contributed by atoms with Crippen molar-refractivity contribution in [2.24, 2.45) is 0 Å². The molecule has 0 atom stereocenters. The van der Waals surface area contributed by atoms with Crippen LogP contribution in [0.15, 0.2) is 54.6 Å². The van der Waals surface area contributed by atoms with E-state index in [1.54, 1.807) is 4.57 Å². The van der Waals surface area contributed by atoms with E-state index >= 15 is 0 Å². The van der Waals surface area contributed by atoms with Gasteiger partial charge in [0.05, 0.1) is 11.0 Å². The molecule has 0 amide bonds. The second-order valence-electron chi connectivity index (χ2n) is 4.40. The lowest BCUT2D eigenvalue weighted by Gasteiger charge is -1.98.